The minimum Gasteiger partial charge on any atom is -0.370 e. The summed E-state index contributed by atoms with van der Waals surface area (Å²) in [7, 11) is 0. The molecule has 11 heteroatoms. The van der Waals surface area contributed by atoms with Crippen LogP contribution in [0.25, 0.3) is 0 Å². The highest BCUT2D eigenvalue weighted by molar-refractivity contribution is 7.16. The van der Waals surface area contributed by atoms with Crippen molar-refractivity contribution >= 4 is 46.4 Å². The first-order chi connectivity index (χ1) is 16.8. The van der Waals surface area contributed by atoms with Crippen LogP contribution in [0.5, 0.6) is 0 Å². The highest BCUT2D eigenvalue weighted by atomic mass is 32.1. The molecule has 0 saturated heterocycles. The molecule has 182 valence electrons. The number of nitrogens with two attached hydrogens (primary N) is 2. The Labute approximate surface area is 207 Å². The molecule has 35 heavy (non-hydrogen) atoms. The van der Waals surface area contributed by atoms with Gasteiger partial charge in [0.25, 0.3) is 11.8 Å². The van der Waals surface area contributed by atoms with Crippen LogP contribution >= 0.6 is 11.3 Å². The molecule has 2 aromatic carbocycles. The fourth-order valence-corrected chi connectivity index (χ4v) is 3.96. The Balaban J connectivity index is 1.50. The number of thiophene rings is 1. The van der Waals surface area contributed by atoms with Crippen molar-refractivity contribution in [3.05, 3.63) is 81.5 Å². The van der Waals surface area contributed by atoms with E-state index >= 15 is 0 Å². The number of benzene rings is 2. The quantitative estimate of drug-likeness (QED) is 0.159. The first kappa shape index (κ1) is 25.2. The molecule has 0 saturated carbocycles. The van der Waals surface area contributed by atoms with E-state index < -0.39 is 0 Å². The molecule has 1 aromatic heterocycles. The van der Waals surface area contributed by atoms with Gasteiger partial charge in [-0.25, -0.2) is 0 Å². The van der Waals surface area contributed by atoms with Crippen LogP contribution in [0.1, 0.15) is 30.5 Å². The summed E-state index contributed by atoms with van der Waals surface area (Å²) in [6.07, 6.45) is 1.41. The summed E-state index contributed by atoms with van der Waals surface area (Å²) in [5.74, 6) is -0.704. The molecular formula is C24H28N8O2S. The maximum Gasteiger partial charge on any atom is 0.265 e. The molecular weight excluding hydrogens is 464 g/mol. The minimum atomic E-state index is -0.288. The smallest absolute Gasteiger partial charge is 0.265 e. The van der Waals surface area contributed by atoms with Crippen molar-refractivity contribution in [1.29, 1.82) is 10.8 Å². The van der Waals surface area contributed by atoms with E-state index in [-0.39, 0.29) is 23.7 Å². The average molecular weight is 493 g/mol. The SMILES string of the molecule is N=C(N)NCCc1ccc(NC(=O)c2ccc(C(=O)Nc3ccc(CCNC(=N)N)cc3)s2)cc1. The van der Waals surface area contributed by atoms with Gasteiger partial charge >= 0.3 is 0 Å². The van der Waals surface area contributed by atoms with Gasteiger partial charge in [-0.05, 0) is 60.4 Å². The van der Waals surface area contributed by atoms with E-state index in [0.29, 0.717) is 47.1 Å². The fourth-order valence-electron chi connectivity index (χ4n) is 3.16. The van der Waals surface area contributed by atoms with Crippen LogP contribution in [0.15, 0.2) is 60.7 Å². The molecule has 2 amide bonds. The summed E-state index contributed by atoms with van der Waals surface area (Å²) in [5, 5.41) is 25.5. The van der Waals surface area contributed by atoms with Crippen LogP contribution in [-0.2, 0) is 12.8 Å². The lowest BCUT2D eigenvalue weighted by Crippen LogP contribution is -2.31. The predicted octanol–water partition coefficient (Wildman–Crippen LogP) is 2.30. The highest BCUT2D eigenvalue weighted by Gasteiger charge is 2.14. The van der Waals surface area contributed by atoms with Crippen molar-refractivity contribution in [2.24, 2.45) is 11.5 Å². The Morgan fingerprint density at radius 1 is 0.657 bits per heavy atom. The van der Waals surface area contributed by atoms with Crippen LogP contribution in [-0.4, -0.2) is 36.8 Å². The number of hydrogen-bond acceptors (Lipinski definition) is 5. The number of guanidine groups is 2. The Morgan fingerprint density at radius 2 is 1.03 bits per heavy atom. The fraction of sp³-hybridized carbons (Fsp3) is 0.167. The molecule has 0 radical (unpaired) electrons. The topological polar surface area (TPSA) is 182 Å². The van der Waals surface area contributed by atoms with Crippen molar-refractivity contribution in [3.63, 3.8) is 0 Å². The molecule has 0 aliphatic heterocycles. The van der Waals surface area contributed by atoms with Crippen LogP contribution < -0.4 is 32.7 Å². The maximum absolute atomic E-state index is 12.6. The molecule has 0 fully saturated rings. The number of nitrogens with one attached hydrogen (secondary N) is 6. The molecule has 0 unspecified atom stereocenters. The molecule has 3 rings (SSSR count). The van der Waals surface area contributed by atoms with E-state index in [4.69, 9.17) is 22.3 Å². The van der Waals surface area contributed by atoms with E-state index in [1.54, 1.807) is 12.1 Å². The number of amides is 2. The molecule has 3 aromatic rings. The number of carbonyl (C=O) groups excluding carboxylic acids is 2. The summed E-state index contributed by atoms with van der Waals surface area (Å²) in [5.41, 5.74) is 13.9. The lowest BCUT2D eigenvalue weighted by molar-refractivity contribution is 0.102. The van der Waals surface area contributed by atoms with Gasteiger partial charge in [0, 0.05) is 24.5 Å². The van der Waals surface area contributed by atoms with Gasteiger partial charge in [0.05, 0.1) is 9.75 Å². The highest BCUT2D eigenvalue weighted by Crippen LogP contribution is 2.20. The summed E-state index contributed by atoms with van der Waals surface area (Å²) in [6, 6.07) is 18.1. The summed E-state index contributed by atoms with van der Waals surface area (Å²) in [6.45, 7) is 1.12. The molecule has 0 aliphatic rings. The standard InChI is InChI=1S/C24H28N8O2S/c25-23(26)29-13-11-15-1-5-17(6-2-15)31-21(33)19-9-10-20(35-19)22(34)32-18-7-3-16(4-8-18)12-14-30-24(27)28/h1-10H,11-14H2,(H,31,33)(H,32,34)(H4,25,26,29)(H4,27,28,30). The number of carbonyl (C=O) groups is 2. The predicted molar refractivity (Wildman–Crippen MR) is 140 cm³/mol. The van der Waals surface area contributed by atoms with Crippen molar-refractivity contribution < 1.29 is 9.59 Å². The zero-order valence-electron chi connectivity index (χ0n) is 19.0. The summed E-state index contributed by atoms with van der Waals surface area (Å²) < 4.78 is 0. The molecule has 0 bridgehead atoms. The second kappa shape index (κ2) is 12.2. The minimum absolute atomic E-state index is 0.0639. The summed E-state index contributed by atoms with van der Waals surface area (Å²) in [4.78, 5) is 26.1. The maximum atomic E-state index is 12.6. The van der Waals surface area contributed by atoms with Crippen LogP contribution in [0.3, 0.4) is 0 Å². The Bertz CT molecular complexity index is 1100. The van der Waals surface area contributed by atoms with E-state index in [0.717, 1.165) is 22.5 Å². The lowest BCUT2D eigenvalue weighted by Gasteiger charge is -2.07. The van der Waals surface area contributed by atoms with E-state index in [1.807, 2.05) is 48.5 Å². The molecule has 10 N–H and O–H groups in total. The Kier molecular flexibility index (Phi) is 8.79. The van der Waals surface area contributed by atoms with Gasteiger partial charge in [0.2, 0.25) is 0 Å². The second-order valence-corrected chi connectivity index (χ2v) is 8.73. The van der Waals surface area contributed by atoms with Gasteiger partial charge < -0.3 is 32.7 Å². The monoisotopic (exact) mass is 492 g/mol. The first-order valence-electron chi connectivity index (χ1n) is 10.9. The van der Waals surface area contributed by atoms with E-state index in [9.17, 15) is 9.59 Å². The molecule has 0 aliphatic carbocycles. The van der Waals surface area contributed by atoms with E-state index in [1.165, 1.54) is 0 Å². The lowest BCUT2D eigenvalue weighted by atomic mass is 10.1. The molecule has 1 heterocycles. The normalized spacial score (nSPS) is 10.3. The molecule has 10 nitrogen and oxygen atoms in total. The molecule has 0 spiro atoms. The van der Waals surface area contributed by atoms with Crippen molar-refractivity contribution in [2.45, 2.75) is 12.8 Å². The Morgan fingerprint density at radius 3 is 1.37 bits per heavy atom. The largest absolute Gasteiger partial charge is 0.370 e. The van der Waals surface area contributed by atoms with Gasteiger partial charge in [0.15, 0.2) is 11.9 Å². The number of anilines is 2. The van der Waals surface area contributed by atoms with Crippen LogP contribution in [0.2, 0.25) is 0 Å². The second-order valence-electron chi connectivity index (χ2n) is 7.65. The van der Waals surface area contributed by atoms with Gasteiger partial charge in [-0.2, -0.15) is 0 Å². The van der Waals surface area contributed by atoms with Crippen molar-refractivity contribution in [1.82, 2.24) is 10.6 Å². The average Bonchev–Trinajstić information content (AvgIpc) is 3.32. The van der Waals surface area contributed by atoms with Crippen LogP contribution in [0, 0.1) is 10.8 Å². The summed E-state index contributed by atoms with van der Waals surface area (Å²) >= 11 is 1.12. The van der Waals surface area contributed by atoms with Gasteiger partial charge in [-0.1, -0.05) is 24.3 Å². The third kappa shape index (κ3) is 8.16. The van der Waals surface area contributed by atoms with Crippen molar-refractivity contribution in [3.8, 4) is 0 Å². The number of rotatable bonds is 10. The van der Waals surface area contributed by atoms with Gasteiger partial charge in [-0.3, -0.25) is 20.4 Å². The first-order valence-corrected chi connectivity index (χ1v) is 11.7. The zero-order chi connectivity index (χ0) is 25.2. The number of hydrogen-bond donors (Lipinski definition) is 8. The van der Waals surface area contributed by atoms with E-state index in [2.05, 4.69) is 21.3 Å². The van der Waals surface area contributed by atoms with Crippen LogP contribution in [0.4, 0.5) is 11.4 Å². The van der Waals surface area contributed by atoms with Crippen molar-refractivity contribution in [2.75, 3.05) is 23.7 Å². The van der Waals surface area contributed by atoms with Gasteiger partial charge in [0.1, 0.15) is 0 Å². The Hall–Kier alpha value is -4.38. The third-order valence-corrected chi connectivity index (χ3v) is 6.02. The van der Waals surface area contributed by atoms with Gasteiger partial charge in [-0.15, -0.1) is 11.3 Å². The zero-order valence-corrected chi connectivity index (χ0v) is 19.8. The third-order valence-electron chi connectivity index (χ3n) is 4.94. The molecule has 0 atom stereocenters.